The zero-order chi connectivity index (χ0) is 28.0. The highest BCUT2D eigenvalue weighted by atomic mass is 32.2. The molecule has 0 unspecified atom stereocenters. The largest absolute Gasteiger partial charge is 0.480 e. The molecule has 0 amide bonds. The second-order valence-electron chi connectivity index (χ2n) is 7.73. The predicted octanol–water partition coefficient (Wildman–Crippen LogP) is 3.31. The lowest BCUT2D eigenvalue weighted by Gasteiger charge is -2.38. The molecule has 0 saturated carbocycles. The van der Waals surface area contributed by atoms with Crippen LogP contribution in [0.15, 0.2) is 35.4 Å². The summed E-state index contributed by atoms with van der Waals surface area (Å²) in [6.07, 6.45) is -12.8. The normalized spacial score (nSPS) is 17.8. The second kappa shape index (κ2) is 9.77. The molecule has 1 atom stereocenters. The fourth-order valence-corrected chi connectivity index (χ4v) is 5.92. The van der Waals surface area contributed by atoms with Crippen molar-refractivity contribution in [2.75, 3.05) is 24.5 Å². The Morgan fingerprint density at radius 1 is 1.11 bits per heavy atom. The number of piperazine rings is 1. The van der Waals surface area contributed by atoms with Crippen molar-refractivity contribution in [3.05, 3.63) is 36.3 Å². The van der Waals surface area contributed by atoms with Crippen LogP contribution in [0.2, 0.25) is 0 Å². The highest BCUT2D eigenvalue weighted by Crippen LogP contribution is 2.34. The standard InChI is InChI=1S/C19H14F7N5O5S2/c20-15(21)19(25,26)36-9-1-3-10(4-2-9)38(34,35)31-6-5-30(8-11(31)14(32)33)17-29-13-12(37-17)7-27-16(28-13)18(22,23)24/h1-4,7,11,15H,5-6,8H2,(H,32,33)/t11-/m1/s1. The van der Waals surface area contributed by atoms with Crippen molar-refractivity contribution in [1.82, 2.24) is 19.3 Å². The third kappa shape index (κ3) is 5.44. The number of alkyl halides is 7. The van der Waals surface area contributed by atoms with Gasteiger partial charge in [0.25, 0.3) is 0 Å². The number of thiazole rings is 1. The molecule has 38 heavy (non-hydrogen) atoms. The van der Waals surface area contributed by atoms with Gasteiger partial charge in [0.1, 0.15) is 11.8 Å². The van der Waals surface area contributed by atoms with Gasteiger partial charge in [0.05, 0.1) is 15.8 Å². The summed E-state index contributed by atoms with van der Waals surface area (Å²) in [4.78, 5) is 23.4. The molecule has 3 heterocycles. The first kappa shape index (κ1) is 27.7. The van der Waals surface area contributed by atoms with E-state index >= 15 is 0 Å². The summed E-state index contributed by atoms with van der Waals surface area (Å²) in [6, 6.07) is 1.35. The first-order chi connectivity index (χ1) is 17.6. The molecule has 1 aliphatic rings. The van der Waals surface area contributed by atoms with Gasteiger partial charge in [-0.25, -0.2) is 18.4 Å². The van der Waals surface area contributed by atoms with Gasteiger partial charge in [-0.3, -0.25) is 4.79 Å². The van der Waals surface area contributed by atoms with E-state index in [-0.39, 0.29) is 22.0 Å². The highest BCUT2D eigenvalue weighted by molar-refractivity contribution is 7.89. The number of anilines is 1. The number of hydrogen-bond acceptors (Lipinski definition) is 9. The van der Waals surface area contributed by atoms with E-state index in [2.05, 4.69) is 19.7 Å². The van der Waals surface area contributed by atoms with E-state index in [1.54, 1.807) is 0 Å². The number of benzene rings is 1. The maximum Gasteiger partial charge on any atom is 0.461 e. The Morgan fingerprint density at radius 2 is 1.76 bits per heavy atom. The lowest BCUT2D eigenvalue weighted by molar-refractivity contribution is -0.253. The fraction of sp³-hybridized carbons (Fsp3) is 0.368. The molecule has 0 bridgehead atoms. The molecule has 1 aliphatic heterocycles. The minimum atomic E-state index is -4.81. The van der Waals surface area contributed by atoms with Crippen LogP contribution >= 0.6 is 11.3 Å². The maximum atomic E-state index is 13.1. The Bertz CT molecular complexity index is 1450. The number of fused-ring (bicyclic) bond motifs is 1. The van der Waals surface area contributed by atoms with E-state index in [0.29, 0.717) is 16.4 Å². The van der Waals surface area contributed by atoms with Crippen LogP contribution in [0.4, 0.5) is 35.9 Å². The van der Waals surface area contributed by atoms with Gasteiger partial charge in [-0.2, -0.15) is 40.0 Å². The van der Waals surface area contributed by atoms with Crippen LogP contribution in [0.1, 0.15) is 5.82 Å². The number of carbonyl (C=O) groups is 1. The average Bonchev–Trinajstić information content (AvgIpc) is 3.26. The van der Waals surface area contributed by atoms with Crippen LogP contribution in [-0.2, 0) is 21.0 Å². The average molecular weight is 589 g/mol. The van der Waals surface area contributed by atoms with Gasteiger partial charge in [-0.1, -0.05) is 11.3 Å². The molecular formula is C19H14F7N5O5S2. The molecule has 0 aliphatic carbocycles. The first-order valence-corrected chi connectivity index (χ1v) is 12.5. The molecule has 4 rings (SSSR count). The van der Waals surface area contributed by atoms with E-state index in [1.807, 2.05) is 0 Å². The molecule has 10 nitrogen and oxygen atoms in total. The summed E-state index contributed by atoms with van der Waals surface area (Å²) in [5.41, 5.74) is -0.269. The summed E-state index contributed by atoms with van der Waals surface area (Å²) in [5, 5.41) is 9.80. The Morgan fingerprint density at radius 3 is 2.34 bits per heavy atom. The van der Waals surface area contributed by atoms with Crippen molar-refractivity contribution < 1.29 is 53.8 Å². The van der Waals surface area contributed by atoms with Gasteiger partial charge < -0.3 is 14.7 Å². The third-order valence-electron chi connectivity index (χ3n) is 5.22. The van der Waals surface area contributed by atoms with E-state index in [0.717, 1.165) is 29.7 Å². The highest BCUT2D eigenvalue weighted by Gasteiger charge is 2.44. The Kier molecular flexibility index (Phi) is 7.12. The Balaban J connectivity index is 1.55. The topological polar surface area (TPSA) is 126 Å². The fourth-order valence-electron chi connectivity index (χ4n) is 3.44. The minimum absolute atomic E-state index is 0.0957. The predicted molar refractivity (Wildman–Crippen MR) is 116 cm³/mol. The van der Waals surface area contributed by atoms with Crippen molar-refractivity contribution in [2.24, 2.45) is 0 Å². The number of aliphatic carboxylic acids is 1. The molecule has 2 aromatic heterocycles. The van der Waals surface area contributed by atoms with Gasteiger partial charge in [0.2, 0.25) is 15.8 Å². The molecule has 1 saturated heterocycles. The van der Waals surface area contributed by atoms with Crippen molar-refractivity contribution >= 4 is 42.8 Å². The van der Waals surface area contributed by atoms with E-state index < -0.39 is 70.3 Å². The lowest BCUT2D eigenvalue weighted by Crippen LogP contribution is -2.58. The zero-order valence-electron chi connectivity index (χ0n) is 18.4. The van der Waals surface area contributed by atoms with Crippen molar-refractivity contribution in [2.45, 2.75) is 29.6 Å². The Hall–Kier alpha value is -3.32. The van der Waals surface area contributed by atoms with Gasteiger partial charge in [0, 0.05) is 19.6 Å². The molecule has 19 heteroatoms. The van der Waals surface area contributed by atoms with Gasteiger partial charge >= 0.3 is 24.7 Å². The van der Waals surface area contributed by atoms with Crippen LogP contribution in [0, 0.1) is 0 Å². The number of sulfonamides is 1. The van der Waals surface area contributed by atoms with Gasteiger partial charge in [-0.15, -0.1) is 0 Å². The van der Waals surface area contributed by atoms with Crippen LogP contribution in [0.3, 0.4) is 0 Å². The smallest absolute Gasteiger partial charge is 0.461 e. The van der Waals surface area contributed by atoms with Gasteiger partial charge in [0.15, 0.2) is 10.8 Å². The molecule has 0 radical (unpaired) electrons. The van der Waals surface area contributed by atoms with Crippen LogP contribution < -0.4 is 9.64 Å². The molecule has 206 valence electrons. The maximum absolute atomic E-state index is 13.1. The number of rotatable bonds is 7. The number of carboxylic acids is 1. The van der Waals surface area contributed by atoms with Crippen LogP contribution in [0.5, 0.6) is 5.75 Å². The Labute approximate surface area is 212 Å². The van der Waals surface area contributed by atoms with Crippen molar-refractivity contribution in [1.29, 1.82) is 0 Å². The summed E-state index contributed by atoms with van der Waals surface area (Å²) in [6.45, 7) is -0.934. The number of aromatic nitrogens is 3. The molecular weight excluding hydrogens is 575 g/mol. The molecule has 1 fully saturated rings. The number of hydrogen-bond donors (Lipinski definition) is 1. The molecule has 1 aromatic carbocycles. The van der Waals surface area contributed by atoms with Crippen LogP contribution in [-0.4, -0.2) is 77.0 Å². The second-order valence-corrected chi connectivity index (χ2v) is 10.6. The summed E-state index contributed by atoms with van der Waals surface area (Å²) in [5.74, 6) is -3.70. The number of halogens is 7. The quantitative estimate of drug-likeness (QED) is 0.413. The number of nitrogens with zero attached hydrogens (tertiary/aromatic N) is 5. The number of carboxylic acid groups (broad SMARTS) is 1. The molecule has 0 spiro atoms. The monoisotopic (exact) mass is 589 g/mol. The van der Waals surface area contributed by atoms with Crippen molar-refractivity contribution in [3.8, 4) is 5.75 Å². The minimum Gasteiger partial charge on any atom is -0.480 e. The SMILES string of the molecule is O=C(O)[C@H]1CN(c2nc3nc(C(F)(F)F)ncc3s2)CCN1S(=O)(=O)c1ccc(OC(F)(F)C(F)F)cc1. The summed E-state index contributed by atoms with van der Waals surface area (Å²) >= 11 is 0.883. The molecule has 1 N–H and O–H groups in total. The van der Waals surface area contributed by atoms with E-state index in [9.17, 15) is 49.1 Å². The van der Waals surface area contributed by atoms with E-state index in [1.165, 1.54) is 4.90 Å². The van der Waals surface area contributed by atoms with Crippen LogP contribution in [0.25, 0.3) is 10.3 Å². The summed E-state index contributed by atoms with van der Waals surface area (Å²) in [7, 11) is -4.51. The lowest BCUT2D eigenvalue weighted by atomic mass is 10.2. The third-order valence-corrected chi connectivity index (χ3v) is 8.18. The first-order valence-electron chi connectivity index (χ1n) is 10.2. The van der Waals surface area contributed by atoms with E-state index in [4.69, 9.17) is 0 Å². The number of ether oxygens (including phenoxy) is 1. The zero-order valence-corrected chi connectivity index (χ0v) is 20.1. The van der Waals surface area contributed by atoms with Crippen molar-refractivity contribution in [3.63, 3.8) is 0 Å². The summed E-state index contributed by atoms with van der Waals surface area (Å²) < 4.78 is 120. The molecule has 3 aromatic rings. The van der Waals surface area contributed by atoms with Gasteiger partial charge in [-0.05, 0) is 24.3 Å².